The number of rotatable bonds is 4. The second-order valence-corrected chi connectivity index (χ2v) is 4.84. The predicted molar refractivity (Wildman–Crippen MR) is 69.9 cm³/mol. The SMILES string of the molecule is CC(O)C1CCN(c2nc(C(=O)O)ccc2[N+](=O)[O-])C1. The van der Waals surface area contributed by atoms with E-state index in [1.165, 1.54) is 0 Å². The average Bonchev–Trinajstić information content (AvgIpc) is 2.87. The van der Waals surface area contributed by atoms with Crippen molar-refractivity contribution in [2.24, 2.45) is 5.92 Å². The van der Waals surface area contributed by atoms with Gasteiger partial charge in [0.1, 0.15) is 0 Å². The number of aromatic carboxylic acids is 1. The fraction of sp³-hybridized carbons (Fsp3) is 0.500. The van der Waals surface area contributed by atoms with E-state index in [0.29, 0.717) is 19.5 Å². The fourth-order valence-electron chi connectivity index (χ4n) is 2.31. The zero-order valence-corrected chi connectivity index (χ0v) is 10.9. The number of pyridine rings is 1. The molecule has 0 amide bonds. The third-order valence-electron chi connectivity index (χ3n) is 3.48. The van der Waals surface area contributed by atoms with E-state index in [1.807, 2.05) is 0 Å². The predicted octanol–water partition coefficient (Wildman–Crippen LogP) is 0.895. The molecule has 0 radical (unpaired) electrons. The lowest BCUT2D eigenvalue weighted by Gasteiger charge is -2.18. The molecule has 0 saturated carbocycles. The normalized spacial score (nSPS) is 19.9. The largest absolute Gasteiger partial charge is 0.477 e. The molecule has 1 saturated heterocycles. The van der Waals surface area contributed by atoms with Crippen molar-refractivity contribution in [2.45, 2.75) is 19.4 Å². The van der Waals surface area contributed by atoms with Gasteiger partial charge in [0.2, 0.25) is 5.82 Å². The van der Waals surface area contributed by atoms with Crippen LogP contribution in [0.4, 0.5) is 11.5 Å². The Labute approximate surface area is 114 Å². The lowest BCUT2D eigenvalue weighted by molar-refractivity contribution is -0.384. The van der Waals surface area contributed by atoms with Crippen molar-refractivity contribution < 1.29 is 19.9 Å². The molecule has 0 spiro atoms. The molecule has 1 aliphatic heterocycles. The van der Waals surface area contributed by atoms with Crippen LogP contribution < -0.4 is 4.90 Å². The Morgan fingerprint density at radius 3 is 2.80 bits per heavy atom. The lowest BCUT2D eigenvalue weighted by Crippen LogP contribution is -2.25. The maximum Gasteiger partial charge on any atom is 0.354 e. The summed E-state index contributed by atoms with van der Waals surface area (Å²) in [7, 11) is 0. The van der Waals surface area contributed by atoms with Gasteiger partial charge in [-0.2, -0.15) is 0 Å². The number of carboxylic acids is 1. The molecule has 8 nitrogen and oxygen atoms in total. The number of anilines is 1. The van der Waals surface area contributed by atoms with Crippen molar-refractivity contribution in [3.8, 4) is 0 Å². The first kappa shape index (κ1) is 14.2. The zero-order chi connectivity index (χ0) is 14.9. The third-order valence-corrected chi connectivity index (χ3v) is 3.48. The van der Waals surface area contributed by atoms with Crippen LogP contribution in [0.15, 0.2) is 12.1 Å². The van der Waals surface area contributed by atoms with E-state index in [1.54, 1.807) is 11.8 Å². The molecule has 0 aliphatic carbocycles. The van der Waals surface area contributed by atoms with E-state index in [-0.39, 0.29) is 23.1 Å². The molecule has 2 heterocycles. The van der Waals surface area contributed by atoms with Gasteiger partial charge >= 0.3 is 11.7 Å². The average molecular weight is 281 g/mol. The first-order valence-electron chi connectivity index (χ1n) is 6.22. The molecule has 8 heteroatoms. The van der Waals surface area contributed by atoms with Gasteiger partial charge in [-0.1, -0.05) is 0 Å². The number of aliphatic hydroxyl groups is 1. The molecule has 1 fully saturated rings. The smallest absolute Gasteiger partial charge is 0.354 e. The number of aromatic nitrogens is 1. The highest BCUT2D eigenvalue weighted by atomic mass is 16.6. The second-order valence-electron chi connectivity index (χ2n) is 4.84. The summed E-state index contributed by atoms with van der Waals surface area (Å²) >= 11 is 0. The van der Waals surface area contributed by atoms with Gasteiger partial charge in [-0.15, -0.1) is 0 Å². The number of hydrogen-bond acceptors (Lipinski definition) is 6. The number of carbonyl (C=O) groups is 1. The first-order valence-corrected chi connectivity index (χ1v) is 6.22. The number of carboxylic acid groups (broad SMARTS) is 1. The summed E-state index contributed by atoms with van der Waals surface area (Å²) in [6.45, 7) is 2.60. The Morgan fingerprint density at radius 2 is 2.30 bits per heavy atom. The van der Waals surface area contributed by atoms with Crippen LogP contribution in [0.2, 0.25) is 0 Å². The molecule has 1 aromatic heterocycles. The molecule has 2 N–H and O–H groups in total. The van der Waals surface area contributed by atoms with E-state index in [2.05, 4.69) is 4.98 Å². The van der Waals surface area contributed by atoms with Crippen molar-refractivity contribution in [2.75, 3.05) is 18.0 Å². The highest BCUT2D eigenvalue weighted by Crippen LogP contribution is 2.31. The van der Waals surface area contributed by atoms with Crippen molar-refractivity contribution in [3.05, 3.63) is 27.9 Å². The third kappa shape index (κ3) is 2.69. The van der Waals surface area contributed by atoms with E-state index in [9.17, 15) is 20.0 Å². The Morgan fingerprint density at radius 1 is 1.60 bits per heavy atom. The quantitative estimate of drug-likeness (QED) is 0.621. The van der Waals surface area contributed by atoms with E-state index in [4.69, 9.17) is 5.11 Å². The Hall–Kier alpha value is -2.22. The summed E-state index contributed by atoms with van der Waals surface area (Å²) in [5.41, 5.74) is -0.452. The van der Waals surface area contributed by atoms with E-state index in [0.717, 1.165) is 12.1 Å². The molecule has 1 aliphatic rings. The van der Waals surface area contributed by atoms with Crippen molar-refractivity contribution in [3.63, 3.8) is 0 Å². The maximum atomic E-state index is 11.0. The summed E-state index contributed by atoms with van der Waals surface area (Å²) in [5.74, 6) is -1.17. The van der Waals surface area contributed by atoms with Gasteiger partial charge < -0.3 is 15.1 Å². The van der Waals surface area contributed by atoms with E-state index >= 15 is 0 Å². The van der Waals surface area contributed by atoms with Crippen LogP contribution in [0.1, 0.15) is 23.8 Å². The van der Waals surface area contributed by atoms with Gasteiger partial charge in [0.25, 0.3) is 0 Å². The molecule has 2 atom stereocenters. The molecule has 20 heavy (non-hydrogen) atoms. The monoisotopic (exact) mass is 281 g/mol. The van der Waals surface area contributed by atoms with Gasteiger partial charge in [-0.25, -0.2) is 9.78 Å². The number of nitro groups is 1. The van der Waals surface area contributed by atoms with Crippen LogP contribution in [-0.4, -0.2) is 45.3 Å². The summed E-state index contributed by atoms with van der Waals surface area (Å²) < 4.78 is 0. The van der Waals surface area contributed by atoms with Gasteiger partial charge in [0, 0.05) is 25.1 Å². The minimum absolute atomic E-state index is 0.00453. The Bertz CT molecular complexity index is 546. The molecule has 108 valence electrons. The number of hydrogen-bond donors (Lipinski definition) is 2. The highest BCUT2D eigenvalue weighted by Gasteiger charge is 2.31. The van der Waals surface area contributed by atoms with Crippen molar-refractivity contribution in [1.82, 2.24) is 4.98 Å². The minimum atomic E-state index is -1.23. The van der Waals surface area contributed by atoms with Gasteiger partial charge in [-0.05, 0) is 19.4 Å². The van der Waals surface area contributed by atoms with Crippen LogP contribution in [0, 0.1) is 16.0 Å². The maximum absolute atomic E-state index is 11.0. The van der Waals surface area contributed by atoms with Crippen molar-refractivity contribution >= 4 is 17.5 Å². The summed E-state index contributed by atoms with van der Waals surface area (Å²) in [6, 6.07) is 2.27. The van der Waals surface area contributed by atoms with Gasteiger partial charge in [0.05, 0.1) is 11.0 Å². The number of aliphatic hydroxyl groups excluding tert-OH is 1. The van der Waals surface area contributed by atoms with Gasteiger partial charge in [0.15, 0.2) is 5.69 Å². The lowest BCUT2D eigenvalue weighted by atomic mass is 10.0. The molecular weight excluding hydrogens is 266 g/mol. The standard InChI is InChI=1S/C12H15N3O5/c1-7(16)8-4-5-14(6-8)11-10(15(19)20)3-2-9(13-11)12(17)18/h2-3,7-8,16H,4-6H2,1H3,(H,17,18). The second kappa shape index (κ2) is 5.41. The molecule has 0 aromatic carbocycles. The summed E-state index contributed by atoms with van der Waals surface area (Å²) in [4.78, 5) is 26.9. The Balaban J connectivity index is 2.36. The van der Waals surface area contributed by atoms with E-state index < -0.39 is 17.0 Å². The zero-order valence-electron chi connectivity index (χ0n) is 10.9. The van der Waals surface area contributed by atoms with Crippen LogP contribution in [0.3, 0.4) is 0 Å². The highest BCUT2D eigenvalue weighted by molar-refractivity contribution is 5.86. The fourth-order valence-corrected chi connectivity index (χ4v) is 2.31. The van der Waals surface area contributed by atoms with Gasteiger partial charge in [-0.3, -0.25) is 10.1 Å². The molecule has 2 unspecified atom stereocenters. The molecule has 1 aromatic rings. The topological polar surface area (TPSA) is 117 Å². The van der Waals surface area contributed by atoms with Crippen LogP contribution in [0.5, 0.6) is 0 Å². The van der Waals surface area contributed by atoms with Crippen LogP contribution in [-0.2, 0) is 0 Å². The summed E-state index contributed by atoms with van der Waals surface area (Å²) in [6.07, 6.45) is 0.176. The van der Waals surface area contributed by atoms with Crippen molar-refractivity contribution in [1.29, 1.82) is 0 Å². The molecular formula is C12H15N3O5. The Kier molecular flexibility index (Phi) is 3.84. The minimum Gasteiger partial charge on any atom is -0.477 e. The first-order chi connectivity index (χ1) is 9.40. The molecule has 2 rings (SSSR count). The van der Waals surface area contributed by atoms with Crippen LogP contribution in [0.25, 0.3) is 0 Å². The molecule has 0 bridgehead atoms. The summed E-state index contributed by atoms with van der Waals surface area (Å²) in [5, 5.41) is 29.5. The van der Waals surface area contributed by atoms with Crippen LogP contribution >= 0.6 is 0 Å². The number of nitrogens with zero attached hydrogens (tertiary/aromatic N) is 3.